The minimum Gasteiger partial charge on any atom is -0.463 e. The standard InChI is InChI=1S/C34H40ClN7O/c1-2-15-40-19-20-42(21-26(40)10-14-36)32-27-11-18-41(30-9-4-7-25-6-3-8-28(35)31(25)30)22-29(27)37-33(38-32)43-24-34(12-13-34)23-39-16-5-17-39/h2-4,6-9,15,26H,5,10-13,16-24H2,1H3. The Morgan fingerprint density at radius 3 is 2.65 bits per heavy atom. The highest BCUT2D eigenvalue weighted by atomic mass is 35.5. The van der Waals surface area contributed by atoms with Crippen LogP contribution in [0.4, 0.5) is 11.5 Å². The van der Waals surface area contributed by atoms with Crippen molar-refractivity contribution in [2.75, 3.05) is 62.2 Å². The molecule has 0 N–H and O–H groups in total. The molecule has 8 nitrogen and oxygen atoms in total. The third kappa shape index (κ3) is 5.73. The number of benzene rings is 2. The van der Waals surface area contributed by atoms with Crippen molar-refractivity contribution in [2.45, 2.75) is 51.6 Å². The fraction of sp³-hybridized carbons (Fsp3) is 0.500. The van der Waals surface area contributed by atoms with Crippen LogP contribution in [0.3, 0.4) is 0 Å². The molecule has 2 aromatic carbocycles. The smallest absolute Gasteiger partial charge is 0.318 e. The maximum Gasteiger partial charge on any atom is 0.318 e. The van der Waals surface area contributed by atoms with Crippen LogP contribution < -0.4 is 14.5 Å². The van der Waals surface area contributed by atoms with E-state index < -0.39 is 0 Å². The van der Waals surface area contributed by atoms with Crippen LogP contribution in [-0.4, -0.2) is 78.2 Å². The molecule has 1 aromatic heterocycles. The second kappa shape index (κ2) is 11.9. The summed E-state index contributed by atoms with van der Waals surface area (Å²) in [4.78, 5) is 19.8. The van der Waals surface area contributed by atoms with Gasteiger partial charge in [0.25, 0.3) is 0 Å². The van der Waals surface area contributed by atoms with Gasteiger partial charge in [-0.05, 0) is 69.4 Å². The summed E-state index contributed by atoms with van der Waals surface area (Å²) < 4.78 is 6.48. The monoisotopic (exact) mass is 597 g/mol. The molecule has 4 heterocycles. The molecule has 9 heteroatoms. The first-order chi connectivity index (χ1) is 21.1. The number of hydrogen-bond acceptors (Lipinski definition) is 8. The predicted molar refractivity (Wildman–Crippen MR) is 172 cm³/mol. The zero-order valence-electron chi connectivity index (χ0n) is 25.0. The van der Waals surface area contributed by atoms with Gasteiger partial charge in [0, 0.05) is 54.8 Å². The van der Waals surface area contributed by atoms with Gasteiger partial charge in [-0.15, -0.1) is 0 Å². The summed E-state index contributed by atoms with van der Waals surface area (Å²) in [6.45, 7) is 10.2. The Balaban J connectivity index is 1.20. The van der Waals surface area contributed by atoms with Crippen LogP contribution in [0, 0.1) is 16.7 Å². The minimum absolute atomic E-state index is 0.120. The summed E-state index contributed by atoms with van der Waals surface area (Å²) >= 11 is 6.73. The molecule has 4 aliphatic rings. The van der Waals surface area contributed by atoms with Crippen molar-refractivity contribution in [2.24, 2.45) is 5.41 Å². The van der Waals surface area contributed by atoms with Crippen LogP contribution in [0.5, 0.6) is 6.01 Å². The summed E-state index contributed by atoms with van der Waals surface area (Å²) in [5.74, 6) is 0.978. The van der Waals surface area contributed by atoms with Gasteiger partial charge in [0.2, 0.25) is 0 Å². The topological polar surface area (TPSA) is 71.8 Å². The molecule has 0 bridgehead atoms. The number of rotatable bonds is 9. The molecule has 1 saturated carbocycles. The number of hydrogen-bond donors (Lipinski definition) is 0. The number of nitrogens with zero attached hydrogens (tertiary/aromatic N) is 7. The number of ether oxygens (including phenoxy) is 1. The molecule has 7 rings (SSSR count). The quantitative estimate of drug-likeness (QED) is 0.313. The SMILES string of the molecule is CC=CN1CCN(c2nc(OCC3(CN4CCC4)CC3)nc3c2CCN(c2cccc4cccc(Cl)c24)C3)CC1CC#N. The van der Waals surface area contributed by atoms with E-state index >= 15 is 0 Å². The average molecular weight is 598 g/mol. The lowest BCUT2D eigenvalue weighted by atomic mass is 10.0. The molecular formula is C34H40ClN7O. The number of nitriles is 1. The third-order valence-electron chi connectivity index (χ3n) is 9.66. The van der Waals surface area contributed by atoms with Crippen molar-refractivity contribution in [1.82, 2.24) is 19.8 Å². The molecular weight excluding hydrogens is 558 g/mol. The van der Waals surface area contributed by atoms with Crippen LogP contribution in [0.1, 0.15) is 43.9 Å². The molecule has 1 atom stereocenters. The Hall–Kier alpha value is -3.54. The molecule has 1 aliphatic carbocycles. The largest absolute Gasteiger partial charge is 0.463 e. The summed E-state index contributed by atoms with van der Waals surface area (Å²) in [7, 11) is 0. The fourth-order valence-electron chi connectivity index (χ4n) is 6.95. The van der Waals surface area contributed by atoms with Gasteiger partial charge in [-0.1, -0.05) is 41.9 Å². The van der Waals surface area contributed by atoms with Crippen molar-refractivity contribution in [3.63, 3.8) is 0 Å². The van der Waals surface area contributed by atoms with Gasteiger partial charge in [0.15, 0.2) is 0 Å². The molecule has 3 aromatic rings. The lowest BCUT2D eigenvalue weighted by Gasteiger charge is -2.42. The lowest BCUT2D eigenvalue weighted by molar-refractivity contribution is 0.110. The maximum absolute atomic E-state index is 9.58. The van der Waals surface area contributed by atoms with E-state index in [0.29, 0.717) is 25.6 Å². The average Bonchev–Trinajstić information content (AvgIpc) is 3.78. The summed E-state index contributed by atoms with van der Waals surface area (Å²) in [6, 6.07) is 15.5. The molecule has 3 aliphatic heterocycles. The van der Waals surface area contributed by atoms with Crippen molar-refractivity contribution in [1.29, 1.82) is 5.26 Å². The first-order valence-electron chi connectivity index (χ1n) is 15.7. The van der Waals surface area contributed by atoms with Gasteiger partial charge in [-0.3, -0.25) is 0 Å². The summed E-state index contributed by atoms with van der Waals surface area (Å²) in [6.07, 6.45) is 9.21. The highest BCUT2D eigenvalue weighted by Crippen LogP contribution is 2.47. The van der Waals surface area contributed by atoms with E-state index in [4.69, 9.17) is 26.3 Å². The first-order valence-corrected chi connectivity index (χ1v) is 16.1. The lowest BCUT2D eigenvalue weighted by Crippen LogP contribution is -2.51. The predicted octanol–water partition coefficient (Wildman–Crippen LogP) is 5.65. The summed E-state index contributed by atoms with van der Waals surface area (Å²) in [5.41, 5.74) is 3.60. The Morgan fingerprint density at radius 1 is 1.07 bits per heavy atom. The van der Waals surface area contributed by atoms with Crippen molar-refractivity contribution >= 4 is 33.9 Å². The molecule has 224 valence electrons. The maximum atomic E-state index is 9.58. The van der Waals surface area contributed by atoms with Crippen LogP contribution >= 0.6 is 11.6 Å². The van der Waals surface area contributed by atoms with E-state index in [0.717, 1.165) is 72.1 Å². The minimum atomic E-state index is 0.120. The molecule has 2 saturated heterocycles. The second-order valence-corrected chi connectivity index (χ2v) is 13.0. The van der Waals surface area contributed by atoms with E-state index in [1.807, 2.05) is 19.1 Å². The van der Waals surface area contributed by atoms with Crippen molar-refractivity contribution in [3.05, 3.63) is 65.0 Å². The molecule has 0 amide bonds. The number of piperazine rings is 1. The van der Waals surface area contributed by atoms with Gasteiger partial charge in [-0.2, -0.15) is 15.2 Å². The van der Waals surface area contributed by atoms with Gasteiger partial charge in [0.1, 0.15) is 5.82 Å². The molecule has 1 unspecified atom stereocenters. The van der Waals surface area contributed by atoms with Crippen LogP contribution in [-0.2, 0) is 13.0 Å². The highest BCUT2D eigenvalue weighted by Gasteiger charge is 2.46. The van der Waals surface area contributed by atoms with Crippen LogP contribution in [0.15, 0.2) is 48.7 Å². The fourth-order valence-corrected chi connectivity index (χ4v) is 7.23. The van der Waals surface area contributed by atoms with Crippen molar-refractivity contribution < 1.29 is 4.74 Å². The Labute approximate surface area is 259 Å². The van der Waals surface area contributed by atoms with Gasteiger partial charge < -0.3 is 24.3 Å². The van der Waals surface area contributed by atoms with Crippen LogP contribution in [0.25, 0.3) is 10.8 Å². The van der Waals surface area contributed by atoms with E-state index in [1.165, 1.54) is 37.9 Å². The Morgan fingerprint density at radius 2 is 1.91 bits per heavy atom. The molecule has 0 spiro atoms. The van der Waals surface area contributed by atoms with E-state index in [1.54, 1.807) is 0 Å². The number of fused-ring (bicyclic) bond motifs is 2. The third-order valence-corrected chi connectivity index (χ3v) is 9.98. The second-order valence-electron chi connectivity index (χ2n) is 12.6. The summed E-state index contributed by atoms with van der Waals surface area (Å²) in [5, 5.41) is 12.6. The first kappa shape index (κ1) is 28.2. The molecule has 0 radical (unpaired) electrons. The zero-order valence-corrected chi connectivity index (χ0v) is 25.8. The molecule has 3 fully saturated rings. The molecule has 43 heavy (non-hydrogen) atoms. The van der Waals surface area contributed by atoms with Gasteiger partial charge in [0.05, 0.1) is 42.4 Å². The van der Waals surface area contributed by atoms with Crippen molar-refractivity contribution in [3.8, 4) is 12.1 Å². The highest BCUT2D eigenvalue weighted by molar-refractivity contribution is 6.36. The van der Waals surface area contributed by atoms with E-state index in [2.05, 4.69) is 62.2 Å². The number of likely N-dealkylation sites (tertiary alicyclic amines) is 1. The number of allylic oxidation sites excluding steroid dienone is 1. The Kier molecular flexibility index (Phi) is 7.79. The Bertz CT molecular complexity index is 1560. The van der Waals surface area contributed by atoms with E-state index in [9.17, 15) is 5.26 Å². The number of aromatic nitrogens is 2. The number of halogens is 1. The number of anilines is 2. The van der Waals surface area contributed by atoms with Gasteiger partial charge >= 0.3 is 6.01 Å². The van der Waals surface area contributed by atoms with Crippen LogP contribution in [0.2, 0.25) is 5.02 Å². The normalized spacial score (nSPS) is 21.5. The van der Waals surface area contributed by atoms with E-state index in [-0.39, 0.29) is 11.5 Å². The van der Waals surface area contributed by atoms with Gasteiger partial charge in [-0.25, -0.2) is 0 Å². The zero-order chi connectivity index (χ0) is 29.4.